The highest BCUT2D eigenvalue weighted by molar-refractivity contribution is 8.00. The molecule has 0 N–H and O–H groups in total. The van der Waals surface area contributed by atoms with Crippen molar-refractivity contribution in [1.82, 2.24) is 0 Å². The fraction of sp³-hybridized carbons (Fsp3) is 0.417. The molecule has 0 saturated carbocycles. The van der Waals surface area contributed by atoms with Crippen LogP contribution >= 0.6 is 23.4 Å². The Morgan fingerprint density at radius 1 is 1.39 bits per heavy atom. The first-order chi connectivity index (χ1) is 8.35. The number of Topliss-reactive ketones (excluding diaryl/α,β-unsaturated/α-hetero) is 1. The third-order valence-corrected chi connectivity index (χ3v) is 3.43. The highest BCUT2D eigenvalue weighted by atomic mass is 35.5. The highest BCUT2D eigenvalue weighted by Crippen LogP contribution is 2.38. The van der Waals surface area contributed by atoms with E-state index in [1.165, 1.54) is 12.1 Å². The molecule has 6 heteroatoms. The van der Waals surface area contributed by atoms with Crippen molar-refractivity contribution in [2.24, 2.45) is 0 Å². The molecule has 0 radical (unpaired) electrons. The van der Waals surface area contributed by atoms with Gasteiger partial charge in [0.1, 0.15) is 0 Å². The molecule has 0 aromatic heterocycles. The Hall–Kier alpha value is -0.680. The minimum absolute atomic E-state index is 0.0828. The maximum Gasteiger partial charge on any atom is 0.446 e. The van der Waals surface area contributed by atoms with Gasteiger partial charge in [0.25, 0.3) is 0 Å². The van der Waals surface area contributed by atoms with E-state index in [9.17, 15) is 18.0 Å². The lowest BCUT2D eigenvalue weighted by Crippen LogP contribution is -2.05. The van der Waals surface area contributed by atoms with Gasteiger partial charge in [0.05, 0.1) is 5.88 Å². The predicted octanol–water partition coefficient (Wildman–Crippen LogP) is 4.21. The minimum atomic E-state index is -4.29. The molecule has 0 heterocycles. The number of alkyl halides is 4. The molecule has 0 fully saturated rings. The Balaban J connectivity index is 2.93. The Kier molecular flexibility index (Phi) is 5.53. The summed E-state index contributed by atoms with van der Waals surface area (Å²) < 4.78 is 36.9. The van der Waals surface area contributed by atoms with Crippen LogP contribution in [0.5, 0.6) is 0 Å². The lowest BCUT2D eigenvalue weighted by molar-refractivity contribution is -0.116. The number of carbonyl (C=O) groups is 1. The minimum Gasteiger partial charge on any atom is -0.298 e. The monoisotopic (exact) mass is 296 g/mol. The van der Waals surface area contributed by atoms with Gasteiger partial charge in [-0.3, -0.25) is 4.79 Å². The molecule has 0 aliphatic heterocycles. The molecule has 0 aliphatic carbocycles. The van der Waals surface area contributed by atoms with E-state index in [4.69, 9.17) is 11.6 Å². The second-order valence-electron chi connectivity index (χ2n) is 3.69. The summed E-state index contributed by atoms with van der Waals surface area (Å²) in [5, 5.41) is 0. The van der Waals surface area contributed by atoms with Gasteiger partial charge in [-0.05, 0) is 35.4 Å². The predicted molar refractivity (Wildman–Crippen MR) is 67.2 cm³/mol. The van der Waals surface area contributed by atoms with E-state index in [-0.39, 0.29) is 34.7 Å². The largest absolute Gasteiger partial charge is 0.446 e. The zero-order valence-corrected chi connectivity index (χ0v) is 11.3. The van der Waals surface area contributed by atoms with E-state index >= 15 is 0 Å². The molecule has 1 rings (SSSR count). The second kappa shape index (κ2) is 6.48. The lowest BCUT2D eigenvalue weighted by Gasteiger charge is -2.11. The van der Waals surface area contributed by atoms with Gasteiger partial charge in [0, 0.05) is 11.3 Å². The molecular weight excluding hydrogens is 285 g/mol. The number of carbonyl (C=O) groups excluding carboxylic acids is 1. The molecule has 1 nitrogen and oxygen atoms in total. The average Bonchev–Trinajstić information content (AvgIpc) is 2.29. The van der Waals surface area contributed by atoms with Crippen molar-refractivity contribution in [2.45, 2.75) is 30.2 Å². The Morgan fingerprint density at radius 2 is 2.06 bits per heavy atom. The molecule has 0 spiro atoms. The molecule has 0 unspecified atom stereocenters. The third kappa shape index (κ3) is 4.90. The van der Waals surface area contributed by atoms with Gasteiger partial charge in [-0.1, -0.05) is 19.1 Å². The van der Waals surface area contributed by atoms with Crippen molar-refractivity contribution in [3.63, 3.8) is 0 Å². The van der Waals surface area contributed by atoms with Crippen LogP contribution in [-0.4, -0.2) is 17.2 Å². The summed E-state index contributed by atoms with van der Waals surface area (Å²) in [6.45, 7) is 1.78. The molecule has 0 saturated heterocycles. The number of ketones is 1. The van der Waals surface area contributed by atoms with Crippen molar-refractivity contribution >= 4 is 29.1 Å². The van der Waals surface area contributed by atoms with E-state index in [1.54, 1.807) is 13.0 Å². The first-order valence-electron chi connectivity index (χ1n) is 5.31. The Labute approximate surface area is 113 Å². The average molecular weight is 297 g/mol. The van der Waals surface area contributed by atoms with Crippen LogP contribution in [0.15, 0.2) is 23.1 Å². The molecule has 100 valence electrons. The van der Waals surface area contributed by atoms with Gasteiger partial charge in [0.2, 0.25) is 0 Å². The fourth-order valence-corrected chi connectivity index (χ4v) is 2.33. The smallest absolute Gasteiger partial charge is 0.298 e. The number of hydrogen-bond donors (Lipinski definition) is 0. The zero-order valence-electron chi connectivity index (χ0n) is 9.68. The normalized spacial score (nSPS) is 11.6. The molecule has 0 aliphatic rings. The molecule has 0 bridgehead atoms. The Bertz CT molecular complexity index is 432. The summed E-state index contributed by atoms with van der Waals surface area (Å²) >= 11 is 5.27. The topological polar surface area (TPSA) is 17.1 Å². The van der Waals surface area contributed by atoms with E-state index in [1.807, 2.05) is 0 Å². The SMILES string of the molecule is CCc1cc(CC(=O)CCl)ccc1SC(F)(F)F. The number of thioether (sulfide) groups is 1. The van der Waals surface area contributed by atoms with Crippen LogP contribution in [0.4, 0.5) is 13.2 Å². The first kappa shape index (κ1) is 15.4. The van der Waals surface area contributed by atoms with Gasteiger partial charge < -0.3 is 0 Å². The molecule has 1 aromatic carbocycles. The zero-order chi connectivity index (χ0) is 13.8. The van der Waals surface area contributed by atoms with Crippen LogP contribution in [0, 0.1) is 0 Å². The number of aryl methyl sites for hydroxylation is 1. The second-order valence-corrected chi connectivity index (χ2v) is 5.07. The number of rotatable bonds is 5. The van der Waals surface area contributed by atoms with Gasteiger partial charge >= 0.3 is 5.51 Å². The van der Waals surface area contributed by atoms with Gasteiger partial charge in [-0.25, -0.2) is 0 Å². The van der Waals surface area contributed by atoms with Crippen LogP contribution < -0.4 is 0 Å². The Morgan fingerprint density at radius 3 is 2.56 bits per heavy atom. The summed E-state index contributed by atoms with van der Waals surface area (Å²) in [6.07, 6.45) is 0.648. The molecule has 0 atom stereocenters. The molecule has 0 amide bonds. The molecule has 1 aromatic rings. The number of halogens is 4. The van der Waals surface area contributed by atoms with E-state index in [0.29, 0.717) is 17.5 Å². The van der Waals surface area contributed by atoms with Crippen molar-refractivity contribution in [3.8, 4) is 0 Å². The maximum absolute atomic E-state index is 12.3. The summed E-state index contributed by atoms with van der Waals surface area (Å²) in [5.74, 6) is -0.226. The highest BCUT2D eigenvalue weighted by Gasteiger charge is 2.30. The van der Waals surface area contributed by atoms with Gasteiger partial charge in [0.15, 0.2) is 5.78 Å². The van der Waals surface area contributed by atoms with Crippen LogP contribution in [0.1, 0.15) is 18.1 Å². The van der Waals surface area contributed by atoms with E-state index in [0.717, 1.165) is 0 Å². The van der Waals surface area contributed by atoms with Gasteiger partial charge in [-0.15, -0.1) is 11.6 Å². The summed E-state index contributed by atoms with van der Waals surface area (Å²) in [6, 6.07) is 4.59. The van der Waals surface area contributed by atoms with Crippen molar-refractivity contribution < 1.29 is 18.0 Å². The van der Waals surface area contributed by atoms with Crippen molar-refractivity contribution in [1.29, 1.82) is 0 Å². The summed E-state index contributed by atoms with van der Waals surface area (Å²) in [5.41, 5.74) is -3.00. The maximum atomic E-state index is 12.3. The fourth-order valence-electron chi connectivity index (χ4n) is 1.52. The molecule has 18 heavy (non-hydrogen) atoms. The molecular formula is C12H12ClF3OS. The summed E-state index contributed by atoms with van der Waals surface area (Å²) in [7, 11) is 0. The van der Waals surface area contributed by atoms with Gasteiger partial charge in [-0.2, -0.15) is 13.2 Å². The first-order valence-corrected chi connectivity index (χ1v) is 6.66. The van der Waals surface area contributed by atoms with Crippen LogP contribution in [0.2, 0.25) is 0 Å². The lowest BCUT2D eigenvalue weighted by atomic mass is 10.0. The number of hydrogen-bond acceptors (Lipinski definition) is 2. The van der Waals surface area contributed by atoms with Crippen LogP contribution in [0.3, 0.4) is 0 Å². The third-order valence-electron chi connectivity index (χ3n) is 2.28. The van der Waals surface area contributed by atoms with Crippen molar-refractivity contribution in [2.75, 3.05) is 5.88 Å². The van der Waals surface area contributed by atoms with Crippen molar-refractivity contribution in [3.05, 3.63) is 29.3 Å². The van der Waals surface area contributed by atoms with Crippen LogP contribution in [0.25, 0.3) is 0 Å². The van der Waals surface area contributed by atoms with E-state index < -0.39 is 5.51 Å². The van der Waals surface area contributed by atoms with E-state index in [2.05, 4.69) is 0 Å². The summed E-state index contributed by atoms with van der Waals surface area (Å²) in [4.78, 5) is 11.4. The standard InChI is InChI=1S/C12H12ClF3OS/c1-2-9-5-8(6-10(17)7-13)3-4-11(9)18-12(14,15)16/h3-5H,2,6-7H2,1H3. The number of benzene rings is 1. The van der Waals surface area contributed by atoms with Crippen LogP contribution in [-0.2, 0) is 17.6 Å². The quantitative estimate of drug-likeness (QED) is 0.598.